The summed E-state index contributed by atoms with van der Waals surface area (Å²) in [6.07, 6.45) is 4.45. The molecule has 5 nitrogen and oxygen atoms in total. The smallest absolute Gasteiger partial charge is 0.322 e. The van der Waals surface area contributed by atoms with Crippen molar-refractivity contribution >= 4 is 5.97 Å². The zero-order chi connectivity index (χ0) is 12.5. The molecule has 1 unspecified atom stereocenters. The lowest BCUT2D eigenvalue weighted by Crippen LogP contribution is -2.37. The van der Waals surface area contributed by atoms with Crippen LogP contribution in [-0.2, 0) is 16.1 Å². The molecule has 1 aromatic rings. The number of nitrogens with zero attached hydrogens (tertiary/aromatic N) is 2. The SMILES string of the molecule is CCCCC(NCc1cccnn1)C(=O)OC. The molecule has 0 aliphatic rings. The van der Waals surface area contributed by atoms with Gasteiger partial charge in [-0.3, -0.25) is 10.1 Å². The minimum Gasteiger partial charge on any atom is -0.468 e. The fourth-order valence-corrected chi connectivity index (χ4v) is 1.51. The summed E-state index contributed by atoms with van der Waals surface area (Å²) < 4.78 is 4.76. The third kappa shape index (κ3) is 4.91. The number of methoxy groups -OCH3 is 1. The van der Waals surface area contributed by atoms with Crippen molar-refractivity contribution in [3.8, 4) is 0 Å². The third-order valence-electron chi connectivity index (χ3n) is 2.49. The predicted molar refractivity (Wildman–Crippen MR) is 64.2 cm³/mol. The maximum atomic E-state index is 11.5. The first-order chi connectivity index (χ1) is 8.27. The average Bonchev–Trinajstić information content (AvgIpc) is 2.39. The second-order valence-corrected chi connectivity index (χ2v) is 3.81. The van der Waals surface area contributed by atoms with Gasteiger partial charge in [-0.1, -0.05) is 19.8 Å². The summed E-state index contributed by atoms with van der Waals surface area (Å²) in [6, 6.07) is 3.43. The first-order valence-corrected chi connectivity index (χ1v) is 5.85. The van der Waals surface area contributed by atoms with E-state index in [1.54, 1.807) is 6.20 Å². The Bertz CT molecular complexity index is 330. The number of aromatic nitrogens is 2. The van der Waals surface area contributed by atoms with E-state index < -0.39 is 0 Å². The van der Waals surface area contributed by atoms with Gasteiger partial charge in [0.1, 0.15) is 6.04 Å². The zero-order valence-corrected chi connectivity index (χ0v) is 10.3. The Morgan fingerprint density at radius 3 is 3.00 bits per heavy atom. The van der Waals surface area contributed by atoms with Crippen LogP contribution in [0, 0.1) is 0 Å². The fourth-order valence-electron chi connectivity index (χ4n) is 1.51. The molecule has 0 amide bonds. The Labute approximate surface area is 102 Å². The van der Waals surface area contributed by atoms with Crippen LogP contribution < -0.4 is 5.32 Å². The zero-order valence-electron chi connectivity index (χ0n) is 10.3. The van der Waals surface area contributed by atoms with Gasteiger partial charge in [0.05, 0.1) is 12.8 Å². The van der Waals surface area contributed by atoms with Crippen LogP contribution in [0.5, 0.6) is 0 Å². The molecule has 1 heterocycles. The Kier molecular flexibility index (Phi) is 6.17. The Balaban J connectivity index is 2.46. The van der Waals surface area contributed by atoms with Crippen molar-refractivity contribution in [2.24, 2.45) is 0 Å². The van der Waals surface area contributed by atoms with Crippen molar-refractivity contribution in [2.45, 2.75) is 38.8 Å². The lowest BCUT2D eigenvalue weighted by Gasteiger charge is -2.15. The highest BCUT2D eigenvalue weighted by atomic mass is 16.5. The van der Waals surface area contributed by atoms with E-state index in [-0.39, 0.29) is 12.0 Å². The van der Waals surface area contributed by atoms with Gasteiger partial charge in [0.25, 0.3) is 0 Å². The quantitative estimate of drug-likeness (QED) is 0.724. The second kappa shape index (κ2) is 7.73. The van der Waals surface area contributed by atoms with Crippen molar-refractivity contribution in [2.75, 3.05) is 7.11 Å². The molecule has 0 bridgehead atoms. The molecule has 0 aliphatic heterocycles. The van der Waals surface area contributed by atoms with E-state index in [9.17, 15) is 4.79 Å². The molecule has 0 radical (unpaired) electrons. The van der Waals surface area contributed by atoms with E-state index in [0.717, 1.165) is 25.0 Å². The summed E-state index contributed by atoms with van der Waals surface area (Å²) in [4.78, 5) is 11.5. The van der Waals surface area contributed by atoms with E-state index in [1.807, 2.05) is 12.1 Å². The monoisotopic (exact) mass is 237 g/mol. The number of esters is 1. The van der Waals surface area contributed by atoms with E-state index in [4.69, 9.17) is 4.74 Å². The van der Waals surface area contributed by atoms with Crippen LogP contribution in [0.4, 0.5) is 0 Å². The normalized spacial score (nSPS) is 12.1. The molecule has 94 valence electrons. The van der Waals surface area contributed by atoms with Gasteiger partial charge in [-0.05, 0) is 18.6 Å². The summed E-state index contributed by atoms with van der Waals surface area (Å²) in [7, 11) is 1.41. The molecule has 17 heavy (non-hydrogen) atoms. The molecular formula is C12H19N3O2. The van der Waals surface area contributed by atoms with Gasteiger partial charge >= 0.3 is 5.97 Å². The molecule has 0 saturated heterocycles. The largest absolute Gasteiger partial charge is 0.468 e. The second-order valence-electron chi connectivity index (χ2n) is 3.81. The van der Waals surface area contributed by atoms with Crippen LogP contribution >= 0.6 is 0 Å². The summed E-state index contributed by atoms with van der Waals surface area (Å²) >= 11 is 0. The van der Waals surface area contributed by atoms with Crippen LogP contribution in [0.3, 0.4) is 0 Å². The number of carbonyl (C=O) groups excluding carboxylic acids is 1. The molecule has 0 fully saturated rings. The lowest BCUT2D eigenvalue weighted by molar-refractivity contribution is -0.143. The van der Waals surface area contributed by atoms with E-state index >= 15 is 0 Å². The molecule has 1 rings (SSSR count). The molecule has 1 N–H and O–H groups in total. The number of carbonyl (C=O) groups is 1. The topological polar surface area (TPSA) is 64.1 Å². The van der Waals surface area contributed by atoms with Gasteiger partial charge in [-0.25, -0.2) is 0 Å². The van der Waals surface area contributed by atoms with Gasteiger partial charge in [-0.2, -0.15) is 10.2 Å². The van der Waals surface area contributed by atoms with Crippen molar-refractivity contribution in [1.29, 1.82) is 0 Å². The Morgan fingerprint density at radius 2 is 2.41 bits per heavy atom. The Morgan fingerprint density at radius 1 is 1.59 bits per heavy atom. The van der Waals surface area contributed by atoms with Crippen LogP contribution in [0.15, 0.2) is 18.3 Å². The molecule has 0 aromatic carbocycles. The first kappa shape index (κ1) is 13.6. The summed E-state index contributed by atoms with van der Waals surface area (Å²) in [5.41, 5.74) is 0.818. The molecule has 0 aliphatic carbocycles. The average molecular weight is 237 g/mol. The first-order valence-electron chi connectivity index (χ1n) is 5.85. The molecule has 1 atom stereocenters. The minimum absolute atomic E-state index is 0.220. The summed E-state index contributed by atoms with van der Waals surface area (Å²) in [5, 5.41) is 10.9. The number of rotatable bonds is 7. The maximum Gasteiger partial charge on any atom is 0.322 e. The standard InChI is InChI=1S/C12H19N3O2/c1-3-4-7-11(12(16)17-2)13-9-10-6-5-8-14-15-10/h5-6,8,11,13H,3-4,7,9H2,1-2H3. The molecular weight excluding hydrogens is 218 g/mol. The van der Waals surface area contributed by atoms with Crippen LogP contribution in [0.25, 0.3) is 0 Å². The molecule has 5 heteroatoms. The van der Waals surface area contributed by atoms with Gasteiger partial charge in [0, 0.05) is 12.7 Å². The number of hydrogen-bond acceptors (Lipinski definition) is 5. The van der Waals surface area contributed by atoms with Crippen LogP contribution in [0.1, 0.15) is 31.9 Å². The number of ether oxygens (including phenoxy) is 1. The van der Waals surface area contributed by atoms with Crippen molar-refractivity contribution in [3.63, 3.8) is 0 Å². The van der Waals surface area contributed by atoms with E-state index in [0.29, 0.717) is 6.54 Å². The fraction of sp³-hybridized carbons (Fsp3) is 0.583. The van der Waals surface area contributed by atoms with Gasteiger partial charge in [-0.15, -0.1) is 0 Å². The highest BCUT2D eigenvalue weighted by Gasteiger charge is 2.17. The van der Waals surface area contributed by atoms with Crippen LogP contribution in [0.2, 0.25) is 0 Å². The maximum absolute atomic E-state index is 11.5. The van der Waals surface area contributed by atoms with E-state index in [2.05, 4.69) is 22.4 Å². The molecule has 0 spiro atoms. The Hall–Kier alpha value is -1.49. The van der Waals surface area contributed by atoms with Crippen molar-refractivity contribution < 1.29 is 9.53 Å². The van der Waals surface area contributed by atoms with Crippen molar-refractivity contribution in [1.82, 2.24) is 15.5 Å². The van der Waals surface area contributed by atoms with Gasteiger partial charge in [0.2, 0.25) is 0 Å². The van der Waals surface area contributed by atoms with Gasteiger partial charge < -0.3 is 4.74 Å². The van der Waals surface area contributed by atoms with Gasteiger partial charge in [0.15, 0.2) is 0 Å². The highest BCUT2D eigenvalue weighted by molar-refractivity contribution is 5.75. The lowest BCUT2D eigenvalue weighted by atomic mass is 10.1. The highest BCUT2D eigenvalue weighted by Crippen LogP contribution is 2.03. The number of nitrogens with one attached hydrogen (secondary N) is 1. The number of hydrogen-bond donors (Lipinski definition) is 1. The molecule has 1 aromatic heterocycles. The minimum atomic E-state index is -0.262. The van der Waals surface area contributed by atoms with Crippen LogP contribution in [-0.4, -0.2) is 29.3 Å². The van der Waals surface area contributed by atoms with E-state index in [1.165, 1.54) is 7.11 Å². The van der Waals surface area contributed by atoms with Crippen molar-refractivity contribution in [3.05, 3.63) is 24.0 Å². The summed E-state index contributed by atoms with van der Waals surface area (Å²) in [6.45, 7) is 2.62. The predicted octanol–water partition coefficient (Wildman–Crippen LogP) is 1.30. The molecule has 0 saturated carbocycles. The number of unbranched alkanes of at least 4 members (excludes halogenated alkanes) is 1. The third-order valence-corrected chi connectivity index (χ3v) is 2.49. The summed E-state index contributed by atoms with van der Waals surface area (Å²) in [5.74, 6) is -0.220.